The summed E-state index contributed by atoms with van der Waals surface area (Å²) in [5.74, 6) is 0.521. The average Bonchev–Trinajstić information content (AvgIpc) is 1.35. The fourth-order valence-corrected chi connectivity index (χ4v) is 0. The largest absolute Gasteiger partial charge is 0.313 e. The van der Waals surface area contributed by atoms with Crippen molar-refractivity contribution in [2.24, 2.45) is 11.5 Å². The molecule has 0 saturated heterocycles. The van der Waals surface area contributed by atoms with Crippen LogP contribution in [-0.4, -0.2) is 11.4 Å². The number of hydrogen-bond acceptors (Lipinski definition) is 3. The Hall–Kier alpha value is 0.270. The van der Waals surface area contributed by atoms with Crippen molar-refractivity contribution >= 4 is 12.6 Å². The van der Waals surface area contributed by atoms with Crippen molar-refractivity contribution in [1.82, 2.24) is 0 Å². The lowest BCUT2D eigenvalue weighted by molar-refractivity contribution is 0.559. The molecule has 0 rings (SSSR count). The van der Waals surface area contributed by atoms with Gasteiger partial charge in [-0.1, -0.05) is 0 Å². The molecule has 0 aliphatic heterocycles. The summed E-state index contributed by atoms with van der Waals surface area (Å²) in [6.45, 7) is 1.72. The minimum absolute atomic E-state index is 0.521. The summed E-state index contributed by atoms with van der Waals surface area (Å²) in [4.78, 5) is 0. The smallest absolute Gasteiger partial charge is 0.0697 e. The van der Waals surface area contributed by atoms with Gasteiger partial charge in [0.2, 0.25) is 0 Å². The highest BCUT2D eigenvalue weighted by atomic mass is 32.1. The molecule has 0 heterocycles. The average molecular weight is 106 g/mol. The number of hydrogen-bond donors (Lipinski definition) is 3. The van der Waals surface area contributed by atoms with Crippen LogP contribution in [0.15, 0.2) is 0 Å². The minimum Gasteiger partial charge on any atom is -0.313 e. The molecule has 0 fully saturated rings. The maximum atomic E-state index is 5.24. The standard InChI is InChI=1S/C3H10N2S/c1-3(4,5)2-6/h6H,2,4-5H2,1H3. The number of thiol groups is 1. The molecule has 38 valence electrons. The quantitative estimate of drug-likeness (QED) is 0.313. The highest BCUT2D eigenvalue weighted by Crippen LogP contribution is 1.87. The molecule has 0 bridgehead atoms. The van der Waals surface area contributed by atoms with E-state index in [9.17, 15) is 0 Å². The normalized spacial score (nSPS) is 12.0. The van der Waals surface area contributed by atoms with Gasteiger partial charge in [-0.15, -0.1) is 0 Å². The monoisotopic (exact) mass is 106 g/mol. The van der Waals surface area contributed by atoms with Crippen LogP contribution in [0.4, 0.5) is 0 Å². The Balaban J connectivity index is 3.17. The fourth-order valence-electron chi connectivity index (χ4n) is 0. The number of nitrogens with two attached hydrogens (primary N) is 2. The van der Waals surface area contributed by atoms with Gasteiger partial charge >= 0.3 is 0 Å². The van der Waals surface area contributed by atoms with Crippen LogP contribution in [0, 0.1) is 0 Å². The Morgan fingerprint density at radius 2 is 1.83 bits per heavy atom. The van der Waals surface area contributed by atoms with Crippen LogP contribution in [0.3, 0.4) is 0 Å². The summed E-state index contributed by atoms with van der Waals surface area (Å²) in [5, 5.41) is 0. The molecule has 4 N–H and O–H groups in total. The van der Waals surface area contributed by atoms with Crippen molar-refractivity contribution < 1.29 is 0 Å². The first-order valence-corrected chi connectivity index (χ1v) is 2.38. The summed E-state index contributed by atoms with van der Waals surface area (Å²) in [5.41, 5.74) is 9.88. The predicted molar refractivity (Wildman–Crippen MR) is 30.6 cm³/mol. The van der Waals surface area contributed by atoms with Crippen LogP contribution in [0.25, 0.3) is 0 Å². The van der Waals surface area contributed by atoms with E-state index in [0.717, 1.165) is 0 Å². The Morgan fingerprint density at radius 3 is 1.83 bits per heavy atom. The van der Waals surface area contributed by atoms with Crippen molar-refractivity contribution in [2.45, 2.75) is 12.6 Å². The molecule has 0 spiro atoms. The van der Waals surface area contributed by atoms with Crippen LogP contribution < -0.4 is 11.5 Å². The highest BCUT2D eigenvalue weighted by Gasteiger charge is 2.04. The van der Waals surface area contributed by atoms with Gasteiger partial charge in [-0.25, -0.2) is 0 Å². The van der Waals surface area contributed by atoms with E-state index in [0.29, 0.717) is 5.75 Å². The Labute approximate surface area is 43.3 Å². The molecule has 0 atom stereocenters. The molecule has 0 saturated carbocycles. The first kappa shape index (κ1) is 6.27. The zero-order valence-corrected chi connectivity index (χ0v) is 4.70. The van der Waals surface area contributed by atoms with Crippen LogP contribution in [-0.2, 0) is 0 Å². The van der Waals surface area contributed by atoms with Crippen molar-refractivity contribution in [3.63, 3.8) is 0 Å². The molecule has 2 nitrogen and oxygen atoms in total. The second kappa shape index (κ2) is 1.82. The predicted octanol–water partition coefficient (Wildman–Crippen LogP) is -0.450. The second-order valence-electron chi connectivity index (χ2n) is 1.66. The van der Waals surface area contributed by atoms with E-state index >= 15 is 0 Å². The van der Waals surface area contributed by atoms with E-state index in [-0.39, 0.29) is 0 Å². The molecule has 0 amide bonds. The molecular weight excluding hydrogens is 96.1 g/mol. The van der Waals surface area contributed by atoms with E-state index in [4.69, 9.17) is 11.5 Å². The van der Waals surface area contributed by atoms with Gasteiger partial charge in [0.25, 0.3) is 0 Å². The molecule has 0 aromatic heterocycles. The topological polar surface area (TPSA) is 52.0 Å². The van der Waals surface area contributed by atoms with Crippen LogP contribution in [0.1, 0.15) is 6.92 Å². The molecule has 0 radical (unpaired) electrons. The van der Waals surface area contributed by atoms with E-state index in [1.165, 1.54) is 0 Å². The Morgan fingerprint density at radius 1 is 1.67 bits per heavy atom. The third kappa shape index (κ3) is 4.27. The van der Waals surface area contributed by atoms with Crippen LogP contribution in [0.2, 0.25) is 0 Å². The van der Waals surface area contributed by atoms with Gasteiger partial charge in [-0.3, -0.25) is 0 Å². The maximum Gasteiger partial charge on any atom is 0.0697 e. The summed E-state index contributed by atoms with van der Waals surface area (Å²) < 4.78 is 0. The van der Waals surface area contributed by atoms with Gasteiger partial charge in [-0.2, -0.15) is 12.6 Å². The highest BCUT2D eigenvalue weighted by molar-refractivity contribution is 7.80. The summed E-state index contributed by atoms with van der Waals surface area (Å²) in [7, 11) is 0. The molecular formula is C3H10N2S. The third-order valence-corrected chi connectivity index (χ3v) is 1.02. The zero-order chi connectivity index (χ0) is 5.21. The molecule has 6 heavy (non-hydrogen) atoms. The lowest BCUT2D eigenvalue weighted by Crippen LogP contribution is -2.47. The molecule has 0 aliphatic carbocycles. The van der Waals surface area contributed by atoms with Crippen molar-refractivity contribution in [3.05, 3.63) is 0 Å². The molecule has 0 aromatic rings. The molecule has 0 unspecified atom stereocenters. The number of rotatable bonds is 1. The first-order chi connectivity index (χ1) is 2.56. The van der Waals surface area contributed by atoms with Crippen molar-refractivity contribution in [2.75, 3.05) is 5.75 Å². The Bertz CT molecular complexity index is 38.5. The zero-order valence-electron chi connectivity index (χ0n) is 3.81. The minimum atomic E-state index is -0.594. The van der Waals surface area contributed by atoms with Gasteiger partial charge in [-0.05, 0) is 6.92 Å². The SMILES string of the molecule is CC(N)(N)CS. The lowest BCUT2D eigenvalue weighted by Gasteiger charge is -2.12. The van der Waals surface area contributed by atoms with Gasteiger partial charge in [0.15, 0.2) is 0 Å². The third-order valence-electron chi connectivity index (χ3n) is 0.341. The van der Waals surface area contributed by atoms with E-state index in [1.807, 2.05) is 0 Å². The summed E-state index contributed by atoms with van der Waals surface area (Å²) >= 11 is 3.85. The first-order valence-electron chi connectivity index (χ1n) is 1.75. The molecule has 0 aromatic carbocycles. The molecule has 0 aliphatic rings. The van der Waals surface area contributed by atoms with Gasteiger partial charge in [0, 0.05) is 5.75 Å². The van der Waals surface area contributed by atoms with Crippen molar-refractivity contribution in [3.8, 4) is 0 Å². The van der Waals surface area contributed by atoms with E-state index in [2.05, 4.69) is 12.6 Å². The summed E-state index contributed by atoms with van der Waals surface area (Å²) in [6.07, 6.45) is 0. The van der Waals surface area contributed by atoms with Gasteiger partial charge in [0.1, 0.15) is 0 Å². The van der Waals surface area contributed by atoms with Crippen LogP contribution >= 0.6 is 12.6 Å². The lowest BCUT2D eigenvalue weighted by atomic mass is 10.3. The fraction of sp³-hybridized carbons (Fsp3) is 1.00. The van der Waals surface area contributed by atoms with Crippen LogP contribution in [0.5, 0.6) is 0 Å². The van der Waals surface area contributed by atoms with Gasteiger partial charge in [0.05, 0.1) is 5.66 Å². The molecule has 3 heteroatoms. The van der Waals surface area contributed by atoms with Crippen molar-refractivity contribution in [1.29, 1.82) is 0 Å². The van der Waals surface area contributed by atoms with Gasteiger partial charge < -0.3 is 11.5 Å². The Kier molecular flexibility index (Phi) is 1.90. The van der Waals surface area contributed by atoms with E-state index in [1.54, 1.807) is 6.92 Å². The maximum absolute atomic E-state index is 5.24. The van der Waals surface area contributed by atoms with E-state index < -0.39 is 5.66 Å². The second-order valence-corrected chi connectivity index (χ2v) is 1.98. The summed E-state index contributed by atoms with van der Waals surface area (Å²) in [6, 6.07) is 0.